The van der Waals surface area contributed by atoms with Gasteiger partial charge in [-0.25, -0.2) is 0 Å². The Bertz CT molecular complexity index is 760. The van der Waals surface area contributed by atoms with E-state index in [0.29, 0.717) is 16.7 Å². The van der Waals surface area contributed by atoms with E-state index in [1.807, 2.05) is 0 Å². The summed E-state index contributed by atoms with van der Waals surface area (Å²) in [7, 11) is 1.51. The highest BCUT2D eigenvalue weighted by Crippen LogP contribution is 2.28. The number of pyridine rings is 1. The number of aromatic nitrogens is 1. The van der Waals surface area contributed by atoms with Crippen molar-refractivity contribution in [3.63, 3.8) is 0 Å². The molecule has 0 spiro atoms. The maximum Gasteiger partial charge on any atom is 0.416 e. The molecule has 2 aromatic rings. The fourth-order valence-electron chi connectivity index (χ4n) is 2.19. The zero-order chi connectivity index (χ0) is 18.1. The van der Waals surface area contributed by atoms with Gasteiger partial charge in [-0.2, -0.15) is 13.2 Å². The number of hydrogen-bond acceptors (Lipinski definition) is 4. The first-order valence-corrected chi connectivity index (χ1v) is 7.05. The summed E-state index contributed by atoms with van der Waals surface area (Å²) in [5.74, 6) is -0.157. The van der Waals surface area contributed by atoms with Crippen LogP contribution in [-0.2, 0) is 0 Å². The second-order valence-corrected chi connectivity index (χ2v) is 5.90. The summed E-state index contributed by atoms with van der Waals surface area (Å²) in [6.45, 7) is 2.20. The third-order valence-corrected chi connectivity index (χ3v) is 3.58. The maximum absolute atomic E-state index is 12.7. The van der Waals surface area contributed by atoms with Crippen LogP contribution < -0.4 is 10.1 Å². The molecular weight excluding hydrogens is 325 g/mol. The third-order valence-electron chi connectivity index (χ3n) is 3.58. The number of carbonyl (C=O) groups excluding carboxylic acids is 1. The average Bonchev–Trinajstić information content (AvgIpc) is 2.51. The van der Waals surface area contributed by atoms with Gasteiger partial charge >= 0.3 is 6.18 Å². The normalized spacial score (nSPS) is 13.6. The molecule has 1 unspecified atom stereocenters. The number of ether oxygens (including phenoxy) is 1. The fourth-order valence-corrected chi connectivity index (χ4v) is 2.19. The summed E-state index contributed by atoms with van der Waals surface area (Å²) in [5, 5.41) is 12.2. The van der Waals surface area contributed by atoms with Crippen LogP contribution in [-0.4, -0.2) is 40.9 Å². The van der Waals surface area contributed by atoms with Gasteiger partial charge in [0.25, 0.3) is 5.91 Å². The molecule has 24 heavy (non-hydrogen) atoms. The van der Waals surface area contributed by atoms with E-state index in [1.165, 1.54) is 19.4 Å². The Morgan fingerprint density at radius 3 is 2.54 bits per heavy atom. The zero-order valence-corrected chi connectivity index (χ0v) is 13.3. The Hall–Kier alpha value is -2.35. The number of rotatable bonds is 4. The summed E-state index contributed by atoms with van der Waals surface area (Å²) in [5.41, 5.74) is -1.21. The molecule has 2 rings (SSSR count). The Balaban J connectivity index is 2.25. The predicted octanol–water partition coefficient (Wildman–Crippen LogP) is 2.68. The van der Waals surface area contributed by atoms with Crippen LogP contribution in [0.5, 0.6) is 5.75 Å². The maximum atomic E-state index is 12.7. The number of aliphatic hydroxyl groups is 1. The summed E-state index contributed by atoms with van der Waals surface area (Å²) >= 11 is 0. The van der Waals surface area contributed by atoms with Gasteiger partial charge in [-0.05, 0) is 32.0 Å². The molecule has 0 fully saturated rings. The molecule has 0 saturated carbocycles. The van der Waals surface area contributed by atoms with Crippen LogP contribution in [0.3, 0.4) is 0 Å². The van der Waals surface area contributed by atoms with Crippen molar-refractivity contribution in [3.8, 4) is 5.75 Å². The van der Waals surface area contributed by atoms with Gasteiger partial charge in [0, 0.05) is 17.6 Å². The van der Waals surface area contributed by atoms with Gasteiger partial charge in [-0.15, -0.1) is 0 Å². The zero-order valence-electron chi connectivity index (χ0n) is 13.3. The summed E-state index contributed by atoms with van der Waals surface area (Å²) < 4.78 is 43.0. The lowest BCUT2D eigenvalue weighted by atomic mass is 9.96. The van der Waals surface area contributed by atoms with Crippen LogP contribution in [0.2, 0.25) is 0 Å². The Kier molecular flexibility index (Phi) is 4.70. The van der Waals surface area contributed by atoms with E-state index < -0.39 is 23.7 Å². The van der Waals surface area contributed by atoms with Crippen LogP contribution in [0.4, 0.5) is 13.2 Å². The largest absolute Gasteiger partial charge is 0.497 e. The van der Waals surface area contributed by atoms with Crippen LogP contribution in [0.15, 0.2) is 30.5 Å². The highest BCUT2D eigenvalue weighted by atomic mass is 19.4. The van der Waals surface area contributed by atoms with E-state index >= 15 is 0 Å². The minimum atomic E-state index is -4.84. The van der Waals surface area contributed by atoms with Gasteiger partial charge in [0.1, 0.15) is 5.75 Å². The Morgan fingerprint density at radius 1 is 1.29 bits per heavy atom. The van der Waals surface area contributed by atoms with Crippen molar-refractivity contribution in [2.75, 3.05) is 7.11 Å². The Labute approximate surface area is 136 Å². The number of methoxy groups -OCH3 is 1. The minimum Gasteiger partial charge on any atom is -0.497 e. The predicted molar refractivity (Wildman–Crippen MR) is 81.9 cm³/mol. The first kappa shape index (κ1) is 18.0. The molecule has 5 nitrogen and oxygen atoms in total. The van der Waals surface area contributed by atoms with Gasteiger partial charge in [0.05, 0.1) is 23.7 Å². The number of nitrogens with one attached hydrogen (secondary N) is 1. The van der Waals surface area contributed by atoms with Crippen LogP contribution in [0, 0.1) is 0 Å². The molecule has 1 aromatic heterocycles. The number of carbonyl (C=O) groups is 1. The van der Waals surface area contributed by atoms with E-state index in [4.69, 9.17) is 4.74 Å². The first-order valence-electron chi connectivity index (χ1n) is 7.05. The van der Waals surface area contributed by atoms with Crippen molar-refractivity contribution < 1.29 is 27.8 Å². The van der Waals surface area contributed by atoms with Crippen molar-refractivity contribution in [1.82, 2.24) is 10.3 Å². The quantitative estimate of drug-likeness (QED) is 0.896. The topological polar surface area (TPSA) is 71.5 Å². The SMILES string of the molecule is COc1ccc2cc(C(=O)NC(C)(C)C(O)C(F)(F)F)cnc2c1. The summed E-state index contributed by atoms with van der Waals surface area (Å²) in [6, 6.07) is 6.55. The molecule has 0 aliphatic carbocycles. The van der Waals surface area contributed by atoms with Gasteiger partial charge < -0.3 is 15.2 Å². The smallest absolute Gasteiger partial charge is 0.416 e. The van der Waals surface area contributed by atoms with E-state index in [2.05, 4.69) is 10.3 Å². The van der Waals surface area contributed by atoms with Gasteiger partial charge in [-0.3, -0.25) is 9.78 Å². The number of amides is 1. The summed E-state index contributed by atoms with van der Waals surface area (Å²) in [6.07, 6.45) is -6.27. The van der Waals surface area contributed by atoms with Crippen LogP contribution >= 0.6 is 0 Å². The molecule has 1 atom stereocenters. The molecule has 0 radical (unpaired) electrons. The first-order chi connectivity index (χ1) is 11.0. The second-order valence-electron chi connectivity index (χ2n) is 5.90. The monoisotopic (exact) mass is 342 g/mol. The van der Waals surface area contributed by atoms with Crippen molar-refractivity contribution in [2.24, 2.45) is 0 Å². The van der Waals surface area contributed by atoms with Crippen LogP contribution in [0.1, 0.15) is 24.2 Å². The number of aliphatic hydroxyl groups excluding tert-OH is 1. The molecule has 0 aliphatic heterocycles. The van der Waals surface area contributed by atoms with E-state index in [9.17, 15) is 23.1 Å². The lowest BCUT2D eigenvalue weighted by molar-refractivity contribution is -0.222. The van der Waals surface area contributed by atoms with Gasteiger partial charge in [0.15, 0.2) is 6.10 Å². The van der Waals surface area contributed by atoms with Crippen molar-refractivity contribution >= 4 is 16.8 Å². The molecule has 0 bridgehead atoms. The highest BCUT2D eigenvalue weighted by Gasteiger charge is 2.48. The number of hydrogen-bond donors (Lipinski definition) is 2. The molecule has 1 heterocycles. The molecule has 8 heteroatoms. The second kappa shape index (κ2) is 6.27. The van der Waals surface area contributed by atoms with Gasteiger partial charge in [-0.1, -0.05) is 0 Å². The molecule has 0 aliphatic rings. The van der Waals surface area contributed by atoms with Crippen molar-refractivity contribution in [3.05, 3.63) is 36.0 Å². The lowest BCUT2D eigenvalue weighted by Crippen LogP contribution is -2.57. The van der Waals surface area contributed by atoms with E-state index in [0.717, 1.165) is 13.8 Å². The number of benzene rings is 1. The molecule has 130 valence electrons. The highest BCUT2D eigenvalue weighted by molar-refractivity contribution is 5.97. The summed E-state index contributed by atoms with van der Waals surface area (Å²) in [4.78, 5) is 16.3. The molecule has 2 N–H and O–H groups in total. The number of fused-ring (bicyclic) bond motifs is 1. The lowest BCUT2D eigenvalue weighted by Gasteiger charge is -2.32. The van der Waals surface area contributed by atoms with E-state index in [-0.39, 0.29) is 5.56 Å². The number of nitrogens with zero attached hydrogens (tertiary/aromatic N) is 1. The standard InChI is InChI=1S/C16H17F3N2O3/c1-15(2,14(23)16(17,18)19)21-13(22)10-6-9-4-5-11(24-3)7-12(9)20-8-10/h4-8,14,23H,1-3H3,(H,21,22). The average molecular weight is 342 g/mol. The molecular formula is C16H17F3N2O3. The third kappa shape index (κ3) is 3.76. The molecule has 0 saturated heterocycles. The minimum absolute atomic E-state index is 0.0927. The Morgan fingerprint density at radius 2 is 1.96 bits per heavy atom. The van der Waals surface area contributed by atoms with Gasteiger partial charge in [0.2, 0.25) is 0 Å². The molecule has 1 aromatic carbocycles. The fraction of sp³-hybridized carbons (Fsp3) is 0.375. The van der Waals surface area contributed by atoms with E-state index in [1.54, 1.807) is 18.2 Å². The number of halogens is 3. The molecule has 1 amide bonds. The van der Waals surface area contributed by atoms with Crippen molar-refractivity contribution in [1.29, 1.82) is 0 Å². The van der Waals surface area contributed by atoms with Crippen LogP contribution in [0.25, 0.3) is 10.9 Å². The number of alkyl halides is 3. The van der Waals surface area contributed by atoms with Crippen molar-refractivity contribution in [2.45, 2.75) is 31.7 Å².